The topological polar surface area (TPSA) is 70.4 Å². The van der Waals surface area contributed by atoms with Crippen LogP contribution in [0.5, 0.6) is 11.5 Å². The fraction of sp³-hybridized carbons (Fsp3) is 0.565. The maximum atomic E-state index is 5.52. The minimum Gasteiger partial charge on any atom is -0.454 e. The molecule has 1 N–H and O–H groups in total. The van der Waals surface area contributed by atoms with Crippen molar-refractivity contribution in [2.24, 2.45) is 12.0 Å². The Morgan fingerprint density at radius 3 is 2.66 bits per heavy atom. The van der Waals surface area contributed by atoms with Crippen LogP contribution in [0.25, 0.3) is 0 Å². The van der Waals surface area contributed by atoms with Gasteiger partial charge in [0.25, 0.3) is 0 Å². The molecule has 9 nitrogen and oxygen atoms in total. The average molecular weight is 442 g/mol. The summed E-state index contributed by atoms with van der Waals surface area (Å²) in [5, 5.41) is 7.81. The fourth-order valence-electron chi connectivity index (χ4n) is 4.19. The summed E-state index contributed by atoms with van der Waals surface area (Å²) >= 11 is 0. The molecule has 1 aromatic carbocycles. The number of nitrogens with one attached hydrogen (secondary N) is 1. The van der Waals surface area contributed by atoms with E-state index in [1.807, 2.05) is 24.0 Å². The van der Waals surface area contributed by atoms with E-state index in [1.165, 1.54) is 11.1 Å². The first kappa shape index (κ1) is 22.4. The zero-order chi connectivity index (χ0) is 22.5. The molecule has 0 radical (unpaired) electrons. The minimum atomic E-state index is 0.199. The van der Waals surface area contributed by atoms with Crippen molar-refractivity contribution in [2.75, 3.05) is 60.2 Å². The van der Waals surface area contributed by atoms with Gasteiger partial charge in [0, 0.05) is 58.1 Å². The van der Waals surface area contributed by atoms with Gasteiger partial charge < -0.3 is 24.6 Å². The zero-order valence-electron chi connectivity index (χ0n) is 19.6. The molecule has 174 valence electrons. The van der Waals surface area contributed by atoms with Crippen molar-refractivity contribution in [3.05, 3.63) is 41.7 Å². The molecule has 2 aliphatic rings. The van der Waals surface area contributed by atoms with Gasteiger partial charge >= 0.3 is 0 Å². The van der Waals surface area contributed by atoms with Crippen molar-refractivity contribution in [2.45, 2.75) is 19.5 Å². The van der Waals surface area contributed by atoms with E-state index >= 15 is 0 Å². The molecular weight excluding hydrogens is 406 g/mol. The number of hydrogen-bond donors (Lipinski definition) is 1. The van der Waals surface area contributed by atoms with Crippen LogP contribution in [0.15, 0.2) is 35.6 Å². The molecular formula is C23H35N7O2. The van der Waals surface area contributed by atoms with Crippen molar-refractivity contribution in [3.63, 3.8) is 0 Å². The van der Waals surface area contributed by atoms with E-state index in [0.29, 0.717) is 13.3 Å². The third-order valence-corrected chi connectivity index (χ3v) is 6.00. The Balaban J connectivity index is 1.35. The van der Waals surface area contributed by atoms with E-state index < -0.39 is 0 Å². The third-order valence-electron chi connectivity index (χ3n) is 6.00. The van der Waals surface area contributed by atoms with Crippen molar-refractivity contribution < 1.29 is 9.47 Å². The second-order valence-corrected chi connectivity index (χ2v) is 8.57. The van der Waals surface area contributed by atoms with Crippen LogP contribution in [0.1, 0.15) is 24.1 Å². The molecule has 1 fully saturated rings. The van der Waals surface area contributed by atoms with Crippen molar-refractivity contribution >= 4 is 5.96 Å². The van der Waals surface area contributed by atoms with Gasteiger partial charge in [-0.3, -0.25) is 14.6 Å². The van der Waals surface area contributed by atoms with E-state index in [2.05, 4.69) is 64.5 Å². The van der Waals surface area contributed by atoms with E-state index in [-0.39, 0.29) is 6.04 Å². The normalized spacial score (nSPS) is 17.8. The van der Waals surface area contributed by atoms with Crippen molar-refractivity contribution in [3.8, 4) is 11.5 Å². The molecule has 0 amide bonds. The molecule has 9 heteroatoms. The fourth-order valence-corrected chi connectivity index (χ4v) is 4.19. The van der Waals surface area contributed by atoms with E-state index in [9.17, 15) is 0 Å². The molecule has 2 aromatic rings. The minimum absolute atomic E-state index is 0.199. The first-order valence-electron chi connectivity index (χ1n) is 11.3. The van der Waals surface area contributed by atoms with Crippen molar-refractivity contribution in [1.82, 2.24) is 29.8 Å². The van der Waals surface area contributed by atoms with Gasteiger partial charge in [0.15, 0.2) is 17.5 Å². The van der Waals surface area contributed by atoms with Gasteiger partial charge in [0.2, 0.25) is 6.79 Å². The van der Waals surface area contributed by atoms with Gasteiger partial charge in [-0.25, -0.2) is 0 Å². The Bertz CT molecular complexity index is 919. The lowest BCUT2D eigenvalue weighted by atomic mass is 10.1. The van der Waals surface area contributed by atoms with Gasteiger partial charge in [-0.05, 0) is 38.7 Å². The molecule has 32 heavy (non-hydrogen) atoms. The maximum Gasteiger partial charge on any atom is 0.231 e. The quantitative estimate of drug-likeness (QED) is 0.516. The second kappa shape index (κ2) is 10.2. The Morgan fingerprint density at radius 2 is 1.97 bits per heavy atom. The van der Waals surface area contributed by atoms with Crippen LogP contribution in [0.3, 0.4) is 0 Å². The number of likely N-dealkylation sites (N-methyl/N-ethyl adjacent to an activating group) is 1. The van der Waals surface area contributed by atoms with Crippen molar-refractivity contribution in [1.29, 1.82) is 0 Å². The van der Waals surface area contributed by atoms with Gasteiger partial charge in [-0.1, -0.05) is 6.07 Å². The average Bonchev–Trinajstić information content (AvgIpc) is 3.42. The van der Waals surface area contributed by atoms with Crippen LogP contribution in [0.4, 0.5) is 0 Å². The monoisotopic (exact) mass is 441 g/mol. The van der Waals surface area contributed by atoms with Gasteiger partial charge in [-0.15, -0.1) is 0 Å². The summed E-state index contributed by atoms with van der Waals surface area (Å²) in [4.78, 5) is 12.1. The van der Waals surface area contributed by atoms with Crippen LogP contribution in [-0.4, -0.2) is 90.6 Å². The molecule has 2 aliphatic heterocycles. The number of aliphatic imine (C=N–C) groups is 1. The Kier molecular flexibility index (Phi) is 7.16. The van der Waals surface area contributed by atoms with E-state index in [4.69, 9.17) is 14.5 Å². The molecule has 1 unspecified atom stereocenters. The highest BCUT2D eigenvalue weighted by atomic mass is 16.7. The predicted molar refractivity (Wildman–Crippen MR) is 125 cm³/mol. The van der Waals surface area contributed by atoms with E-state index in [1.54, 1.807) is 0 Å². The molecule has 0 bridgehead atoms. The molecule has 0 saturated carbocycles. The number of rotatable bonds is 7. The number of piperazine rings is 1. The Labute approximate surface area is 190 Å². The summed E-state index contributed by atoms with van der Waals surface area (Å²) in [6.07, 6.45) is 4.00. The van der Waals surface area contributed by atoms with E-state index in [0.717, 1.165) is 56.7 Å². The van der Waals surface area contributed by atoms with Crippen LogP contribution in [0, 0.1) is 0 Å². The molecule has 3 heterocycles. The SMILES string of the molecule is CCNC(=NCC(c1cnn(C)c1)N(C)C)N1CCN(Cc2ccc3c(c2)OCO3)CC1. The number of nitrogens with zero attached hydrogens (tertiary/aromatic N) is 6. The van der Waals surface area contributed by atoms with Crippen LogP contribution in [0.2, 0.25) is 0 Å². The third kappa shape index (κ3) is 5.34. The first-order valence-corrected chi connectivity index (χ1v) is 11.3. The largest absolute Gasteiger partial charge is 0.454 e. The standard InChI is InChI=1S/C23H35N7O2/c1-5-24-23(25-14-20(27(2)3)19-13-26-28(4)16-19)30-10-8-29(9-11-30)15-18-6-7-21-22(12-18)32-17-31-21/h6-7,12-13,16,20H,5,8-11,14-15,17H2,1-4H3,(H,24,25). The summed E-state index contributed by atoms with van der Waals surface area (Å²) in [5.41, 5.74) is 2.44. The Morgan fingerprint density at radius 1 is 1.19 bits per heavy atom. The first-order chi connectivity index (χ1) is 15.5. The van der Waals surface area contributed by atoms with Crippen LogP contribution in [-0.2, 0) is 13.6 Å². The lowest BCUT2D eigenvalue weighted by Gasteiger charge is -2.36. The Hall–Kier alpha value is -2.78. The number of benzene rings is 1. The van der Waals surface area contributed by atoms with Crippen LogP contribution < -0.4 is 14.8 Å². The maximum absolute atomic E-state index is 5.52. The summed E-state index contributed by atoms with van der Waals surface area (Å²) in [7, 11) is 6.14. The molecule has 0 spiro atoms. The second-order valence-electron chi connectivity index (χ2n) is 8.57. The number of aryl methyl sites for hydroxylation is 1. The highest BCUT2D eigenvalue weighted by Crippen LogP contribution is 2.32. The zero-order valence-corrected chi connectivity index (χ0v) is 19.6. The van der Waals surface area contributed by atoms with Gasteiger partial charge in [0.05, 0.1) is 18.8 Å². The molecule has 1 saturated heterocycles. The summed E-state index contributed by atoms with van der Waals surface area (Å²) in [6.45, 7) is 8.81. The number of hydrogen-bond acceptors (Lipinski definition) is 6. The summed E-state index contributed by atoms with van der Waals surface area (Å²) in [6, 6.07) is 6.43. The molecule has 1 aromatic heterocycles. The summed E-state index contributed by atoms with van der Waals surface area (Å²) < 4.78 is 12.8. The smallest absolute Gasteiger partial charge is 0.231 e. The molecule has 1 atom stereocenters. The number of guanidine groups is 1. The van der Waals surface area contributed by atoms with Crippen LogP contribution >= 0.6 is 0 Å². The number of fused-ring (bicyclic) bond motifs is 1. The highest BCUT2D eigenvalue weighted by Gasteiger charge is 2.22. The lowest BCUT2D eigenvalue weighted by Crippen LogP contribution is -2.52. The lowest BCUT2D eigenvalue weighted by molar-refractivity contribution is 0.171. The molecule has 0 aliphatic carbocycles. The number of ether oxygens (including phenoxy) is 2. The van der Waals surface area contributed by atoms with Gasteiger partial charge in [0.1, 0.15) is 0 Å². The highest BCUT2D eigenvalue weighted by molar-refractivity contribution is 5.80. The molecule has 4 rings (SSSR count). The number of aromatic nitrogens is 2. The van der Waals surface area contributed by atoms with Gasteiger partial charge in [-0.2, -0.15) is 5.10 Å². The predicted octanol–water partition coefficient (Wildman–Crippen LogP) is 1.53. The summed E-state index contributed by atoms with van der Waals surface area (Å²) in [5.74, 6) is 2.69.